The van der Waals surface area contributed by atoms with Crippen LogP contribution in [0.1, 0.15) is 24.2 Å². The zero-order chi connectivity index (χ0) is 23.1. The van der Waals surface area contributed by atoms with Crippen molar-refractivity contribution in [1.82, 2.24) is 4.90 Å². The summed E-state index contributed by atoms with van der Waals surface area (Å²) < 4.78 is 14.9. The van der Waals surface area contributed by atoms with Gasteiger partial charge >= 0.3 is 11.9 Å². The van der Waals surface area contributed by atoms with Crippen LogP contribution >= 0.6 is 0 Å². The van der Waals surface area contributed by atoms with Crippen molar-refractivity contribution >= 4 is 23.5 Å². The highest BCUT2D eigenvalue weighted by Gasteiger charge is 2.30. The Labute approximate surface area is 180 Å². The van der Waals surface area contributed by atoms with E-state index in [-0.39, 0.29) is 39.9 Å². The molecule has 9 nitrogen and oxygen atoms in total. The SMILES string of the molecule is CCN(CC)C(=O)c1cc(OC)c(O)c(N2C=CC=CC(C(=O)OC)=C2C(=O)OC)c1. The Hall–Kier alpha value is -3.75. The molecule has 1 aromatic carbocycles. The molecule has 2 rings (SSSR count). The van der Waals surface area contributed by atoms with Gasteiger partial charge in [0, 0.05) is 24.9 Å². The average Bonchev–Trinajstić information content (AvgIpc) is 3.01. The molecule has 0 aromatic heterocycles. The second-order valence-corrected chi connectivity index (χ2v) is 6.34. The number of phenols is 1. The summed E-state index contributed by atoms with van der Waals surface area (Å²) in [5.41, 5.74) is 0.0155. The normalized spacial score (nSPS) is 13.0. The molecular weight excluding hydrogens is 404 g/mol. The van der Waals surface area contributed by atoms with Crippen molar-refractivity contribution in [2.75, 3.05) is 39.3 Å². The maximum atomic E-state index is 12.9. The van der Waals surface area contributed by atoms with Crippen LogP contribution in [0.5, 0.6) is 11.5 Å². The number of hydrogen-bond acceptors (Lipinski definition) is 8. The third kappa shape index (κ3) is 4.71. The van der Waals surface area contributed by atoms with Gasteiger partial charge in [0.05, 0.1) is 32.6 Å². The number of esters is 2. The van der Waals surface area contributed by atoms with Crippen molar-refractivity contribution < 1.29 is 33.7 Å². The van der Waals surface area contributed by atoms with Crippen LogP contribution < -0.4 is 9.64 Å². The van der Waals surface area contributed by atoms with Gasteiger partial charge in [-0.25, -0.2) is 9.59 Å². The summed E-state index contributed by atoms with van der Waals surface area (Å²) in [6, 6.07) is 2.84. The van der Waals surface area contributed by atoms with Gasteiger partial charge < -0.3 is 29.1 Å². The number of phenolic OH excluding ortho intramolecular Hbond substituents is 1. The molecule has 1 heterocycles. The summed E-state index contributed by atoms with van der Waals surface area (Å²) in [7, 11) is 3.70. The zero-order valence-corrected chi connectivity index (χ0v) is 18.2. The minimum absolute atomic E-state index is 0.0300. The highest BCUT2D eigenvalue weighted by Crippen LogP contribution is 2.41. The number of nitrogens with zero attached hydrogens (tertiary/aromatic N) is 2. The minimum atomic E-state index is -0.838. The smallest absolute Gasteiger partial charge is 0.355 e. The van der Waals surface area contributed by atoms with Crippen molar-refractivity contribution in [2.24, 2.45) is 0 Å². The number of methoxy groups -OCH3 is 3. The number of carbonyl (C=O) groups excluding carboxylic acids is 3. The number of benzene rings is 1. The van der Waals surface area contributed by atoms with Gasteiger partial charge in [-0.05, 0) is 38.1 Å². The van der Waals surface area contributed by atoms with Gasteiger partial charge in [0.25, 0.3) is 5.91 Å². The van der Waals surface area contributed by atoms with Crippen molar-refractivity contribution in [1.29, 1.82) is 0 Å². The van der Waals surface area contributed by atoms with Crippen LogP contribution in [0.4, 0.5) is 5.69 Å². The van der Waals surface area contributed by atoms with Crippen molar-refractivity contribution in [2.45, 2.75) is 13.8 Å². The molecule has 0 fully saturated rings. The van der Waals surface area contributed by atoms with Gasteiger partial charge in [0.2, 0.25) is 0 Å². The number of ether oxygens (including phenoxy) is 3. The summed E-state index contributed by atoms with van der Waals surface area (Å²) in [5, 5.41) is 10.8. The van der Waals surface area contributed by atoms with Gasteiger partial charge in [-0.1, -0.05) is 6.08 Å². The summed E-state index contributed by atoms with van der Waals surface area (Å²) >= 11 is 0. The maximum absolute atomic E-state index is 12.9. The van der Waals surface area contributed by atoms with Crippen LogP contribution in [0.25, 0.3) is 0 Å². The second-order valence-electron chi connectivity index (χ2n) is 6.34. The fourth-order valence-corrected chi connectivity index (χ4v) is 3.10. The van der Waals surface area contributed by atoms with Gasteiger partial charge in [-0.15, -0.1) is 0 Å². The molecule has 1 aromatic rings. The predicted molar refractivity (Wildman–Crippen MR) is 114 cm³/mol. The lowest BCUT2D eigenvalue weighted by atomic mass is 10.1. The number of carbonyl (C=O) groups is 3. The number of anilines is 1. The van der Waals surface area contributed by atoms with Crippen molar-refractivity contribution in [3.8, 4) is 11.5 Å². The molecule has 1 aliphatic heterocycles. The first-order chi connectivity index (χ1) is 14.8. The Kier molecular flexibility index (Phi) is 7.84. The molecule has 1 amide bonds. The monoisotopic (exact) mass is 430 g/mol. The van der Waals surface area contributed by atoms with Crippen LogP contribution in [-0.4, -0.2) is 62.3 Å². The van der Waals surface area contributed by atoms with E-state index in [0.29, 0.717) is 13.1 Å². The van der Waals surface area contributed by atoms with Crippen LogP contribution in [-0.2, 0) is 19.1 Å². The highest BCUT2D eigenvalue weighted by molar-refractivity contribution is 6.06. The van der Waals surface area contributed by atoms with E-state index in [4.69, 9.17) is 14.2 Å². The predicted octanol–water partition coefficient (Wildman–Crippen LogP) is 2.37. The molecule has 31 heavy (non-hydrogen) atoms. The Morgan fingerprint density at radius 1 is 1.00 bits per heavy atom. The van der Waals surface area contributed by atoms with Crippen molar-refractivity contribution in [3.63, 3.8) is 0 Å². The van der Waals surface area contributed by atoms with E-state index in [2.05, 4.69) is 0 Å². The lowest BCUT2D eigenvalue weighted by Gasteiger charge is -2.26. The molecule has 0 saturated carbocycles. The van der Waals surface area contributed by atoms with E-state index in [1.807, 2.05) is 13.8 Å². The summed E-state index contributed by atoms with van der Waals surface area (Å²) in [6.45, 7) is 4.68. The standard InChI is InChI=1S/C22H26N2O7/c1-6-23(7-2)20(26)14-12-16(19(25)17(13-14)29-3)24-11-9-8-10-15(21(27)30-4)18(24)22(28)31-5/h8-13,25H,6-7H2,1-5H3. The summed E-state index contributed by atoms with van der Waals surface area (Å²) in [4.78, 5) is 40.8. The third-order valence-electron chi connectivity index (χ3n) is 4.72. The zero-order valence-electron chi connectivity index (χ0n) is 18.2. The van der Waals surface area contributed by atoms with Crippen LogP contribution in [0.3, 0.4) is 0 Å². The summed E-state index contributed by atoms with van der Waals surface area (Å²) in [6.07, 6.45) is 5.95. The summed E-state index contributed by atoms with van der Waals surface area (Å²) in [5.74, 6) is -2.18. The molecule has 0 spiro atoms. The fourth-order valence-electron chi connectivity index (χ4n) is 3.10. The van der Waals surface area contributed by atoms with Gasteiger partial charge in [0.15, 0.2) is 11.5 Å². The van der Waals surface area contributed by atoms with Crippen LogP contribution in [0, 0.1) is 0 Å². The molecule has 0 atom stereocenters. The number of rotatable bonds is 7. The molecular formula is C22H26N2O7. The van der Waals surface area contributed by atoms with E-state index in [1.165, 1.54) is 56.7 Å². The minimum Gasteiger partial charge on any atom is -0.503 e. The van der Waals surface area contributed by atoms with E-state index >= 15 is 0 Å². The van der Waals surface area contributed by atoms with Gasteiger partial charge in [0.1, 0.15) is 5.70 Å². The molecule has 0 unspecified atom stereocenters. The maximum Gasteiger partial charge on any atom is 0.355 e. The highest BCUT2D eigenvalue weighted by atomic mass is 16.5. The topological polar surface area (TPSA) is 106 Å². The lowest BCUT2D eigenvalue weighted by molar-refractivity contribution is -0.139. The van der Waals surface area contributed by atoms with Crippen LogP contribution in [0.2, 0.25) is 0 Å². The van der Waals surface area contributed by atoms with Crippen LogP contribution in [0.15, 0.2) is 47.8 Å². The van der Waals surface area contributed by atoms with Crippen molar-refractivity contribution in [3.05, 3.63) is 53.4 Å². The molecule has 1 N–H and O–H groups in total. The quantitative estimate of drug-likeness (QED) is 0.658. The second kappa shape index (κ2) is 10.3. The molecule has 0 radical (unpaired) electrons. The van der Waals surface area contributed by atoms with E-state index < -0.39 is 11.9 Å². The van der Waals surface area contributed by atoms with E-state index in [9.17, 15) is 19.5 Å². The Bertz CT molecular complexity index is 959. The molecule has 0 bridgehead atoms. The molecule has 1 aliphatic rings. The van der Waals surface area contributed by atoms with Gasteiger partial charge in [-0.2, -0.15) is 0 Å². The number of allylic oxidation sites excluding steroid dienone is 2. The molecule has 166 valence electrons. The number of hydrogen-bond donors (Lipinski definition) is 1. The fraction of sp³-hybridized carbons (Fsp3) is 0.318. The number of aromatic hydroxyl groups is 1. The lowest BCUT2D eigenvalue weighted by Crippen LogP contribution is -2.31. The van der Waals surface area contributed by atoms with E-state index in [1.54, 1.807) is 11.0 Å². The number of amides is 1. The van der Waals surface area contributed by atoms with E-state index in [0.717, 1.165) is 0 Å². The Morgan fingerprint density at radius 2 is 1.65 bits per heavy atom. The Morgan fingerprint density at radius 3 is 2.19 bits per heavy atom. The average molecular weight is 430 g/mol. The van der Waals surface area contributed by atoms with Gasteiger partial charge in [-0.3, -0.25) is 4.79 Å². The molecule has 0 aliphatic carbocycles. The Balaban J connectivity index is 2.79. The largest absolute Gasteiger partial charge is 0.503 e. The third-order valence-corrected chi connectivity index (χ3v) is 4.72. The molecule has 9 heteroatoms. The first-order valence-electron chi connectivity index (χ1n) is 9.59. The first-order valence-corrected chi connectivity index (χ1v) is 9.59. The first kappa shape index (κ1) is 23.5. The molecule has 0 saturated heterocycles.